The van der Waals surface area contributed by atoms with Gasteiger partial charge in [0, 0.05) is 13.0 Å². The predicted octanol–water partition coefficient (Wildman–Crippen LogP) is 2.90. The van der Waals surface area contributed by atoms with Gasteiger partial charge in [0.05, 0.1) is 26.5 Å². The number of rotatable bonds is 8. The van der Waals surface area contributed by atoms with E-state index in [-0.39, 0.29) is 0 Å². The van der Waals surface area contributed by atoms with Crippen LogP contribution < -0.4 is 25.3 Å². The van der Waals surface area contributed by atoms with Crippen LogP contribution in [0.4, 0.5) is 5.69 Å². The molecular weight excluding hydrogens is 306 g/mol. The number of hydrogen-bond donors (Lipinski definition) is 2. The number of para-hydroxylation sites is 2. The van der Waals surface area contributed by atoms with E-state index in [1.54, 1.807) is 14.2 Å². The molecule has 0 amide bonds. The molecule has 0 atom stereocenters. The van der Waals surface area contributed by atoms with Gasteiger partial charge in [-0.25, -0.2) is 0 Å². The van der Waals surface area contributed by atoms with Gasteiger partial charge in [-0.1, -0.05) is 12.1 Å². The minimum atomic E-state index is 0.351. The summed E-state index contributed by atoms with van der Waals surface area (Å²) in [6.07, 6.45) is 0.764. The fraction of sp³-hybridized carbons (Fsp3) is 0.278. The Hall–Kier alpha value is -2.89. The summed E-state index contributed by atoms with van der Waals surface area (Å²) in [5.74, 6) is 2.68. The molecule has 128 valence electrons. The third kappa shape index (κ3) is 5.39. The molecular formula is C18H23N3O3. The molecule has 0 heterocycles. The number of nitrogens with zero attached hydrogens (tertiary/aromatic N) is 1. The van der Waals surface area contributed by atoms with Crippen molar-refractivity contribution < 1.29 is 14.2 Å². The molecule has 6 heteroatoms. The minimum Gasteiger partial charge on any atom is -0.497 e. The predicted molar refractivity (Wildman–Crippen MR) is 96.2 cm³/mol. The first kappa shape index (κ1) is 17.5. The fourth-order valence-corrected chi connectivity index (χ4v) is 2.05. The van der Waals surface area contributed by atoms with Gasteiger partial charge in [0.15, 0.2) is 5.96 Å². The van der Waals surface area contributed by atoms with E-state index in [1.807, 2.05) is 48.5 Å². The summed E-state index contributed by atoms with van der Waals surface area (Å²) in [4.78, 5) is 4.28. The van der Waals surface area contributed by atoms with Gasteiger partial charge in [-0.2, -0.15) is 0 Å². The Balaban J connectivity index is 1.72. The number of anilines is 1. The molecule has 0 radical (unpaired) electrons. The number of nitrogens with two attached hydrogens (primary N) is 1. The van der Waals surface area contributed by atoms with Gasteiger partial charge in [0.2, 0.25) is 0 Å². The van der Waals surface area contributed by atoms with Crippen LogP contribution in [0.5, 0.6) is 17.2 Å². The third-order valence-corrected chi connectivity index (χ3v) is 3.28. The molecule has 2 aromatic rings. The van der Waals surface area contributed by atoms with Crippen LogP contribution in [0.25, 0.3) is 0 Å². The lowest BCUT2D eigenvalue weighted by atomic mass is 10.3. The van der Waals surface area contributed by atoms with Crippen LogP contribution in [0.15, 0.2) is 53.5 Å². The Bertz CT molecular complexity index is 657. The first-order valence-electron chi connectivity index (χ1n) is 7.69. The van der Waals surface area contributed by atoms with Crippen molar-refractivity contribution in [3.8, 4) is 17.2 Å². The third-order valence-electron chi connectivity index (χ3n) is 3.28. The summed E-state index contributed by atoms with van der Waals surface area (Å²) < 4.78 is 16.0. The SMILES string of the molecule is COc1ccc(OCCCN=C(N)Nc2ccccc2OC)cc1. The molecule has 0 aliphatic heterocycles. The maximum absolute atomic E-state index is 5.88. The van der Waals surface area contributed by atoms with Crippen LogP contribution in [-0.2, 0) is 0 Å². The van der Waals surface area contributed by atoms with Crippen molar-refractivity contribution in [3.63, 3.8) is 0 Å². The van der Waals surface area contributed by atoms with Crippen LogP contribution in [0.1, 0.15) is 6.42 Å². The summed E-state index contributed by atoms with van der Waals surface area (Å²) in [7, 11) is 3.25. The Morgan fingerprint density at radius 1 is 1.00 bits per heavy atom. The molecule has 0 aromatic heterocycles. The molecule has 6 nitrogen and oxygen atoms in total. The molecule has 0 aliphatic carbocycles. The Morgan fingerprint density at radius 3 is 2.42 bits per heavy atom. The zero-order chi connectivity index (χ0) is 17.2. The van der Waals surface area contributed by atoms with Gasteiger partial charge >= 0.3 is 0 Å². The average molecular weight is 329 g/mol. The van der Waals surface area contributed by atoms with Crippen molar-refractivity contribution in [1.29, 1.82) is 0 Å². The Morgan fingerprint density at radius 2 is 1.71 bits per heavy atom. The highest BCUT2D eigenvalue weighted by Crippen LogP contribution is 2.22. The molecule has 0 bridgehead atoms. The molecule has 3 N–H and O–H groups in total. The van der Waals surface area contributed by atoms with Crippen LogP contribution >= 0.6 is 0 Å². The first-order chi connectivity index (χ1) is 11.7. The van der Waals surface area contributed by atoms with Gasteiger partial charge in [0.1, 0.15) is 17.2 Å². The lowest BCUT2D eigenvalue weighted by Gasteiger charge is -2.10. The summed E-state index contributed by atoms with van der Waals surface area (Å²) in [6.45, 7) is 1.14. The van der Waals surface area contributed by atoms with E-state index in [2.05, 4.69) is 10.3 Å². The van der Waals surface area contributed by atoms with E-state index in [9.17, 15) is 0 Å². The molecule has 0 saturated heterocycles. The van der Waals surface area contributed by atoms with Crippen molar-refractivity contribution in [2.24, 2.45) is 10.7 Å². The highest BCUT2D eigenvalue weighted by atomic mass is 16.5. The van der Waals surface area contributed by atoms with E-state index >= 15 is 0 Å². The standard InChI is InChI=1S/C18H23N3O3/c1-22-14-8-10-15(11-9-14)24-13-5-12-20-18(19)21-16-6-3-4-7-17(16)23-2/h3-4,6-11H,5,12-13H2,1-2H3,(H3,19,20,21). The normalized spacial score (nSPS) is 11.0. The Kier molecular flexibility index (Phi) is 6.76. The van der Waals surface area contributed by atoms with E-state index in [0.717, 1.165) is 29.4 Å². The van der Waals surface area contributed by atoms with E-state index < -0.39 is 0 Å². The number of ether oxygens (including phenoxy) is 3. The summed E-state index contributed by atoms with van der Waals surface area (Å²) in [6, 6.07) is 15.0. The topological polar surface area (TPSA) is 78.1 Å². The van der Waals surface area contributed by atoms with Crippen LogP contribution in [0.3, 0.4) is 0 Å². The molecule has 24 heavy (non-hydrogen) atoms. The fourth-order valence-electron chi connectivity index (χ4n) is 2.05. The first-order valence-corrected chi connectivity index (χ1v) is 7.69. The molecule has 0 spiro atoms. The highest BCUT2D eigenvalue weighted by molar-refractivity contribution is 5.93. The summed E-state index contributed by atoms with van der Waals surface area (Å²) in [5, 5.41) is 3.03. The van der Waals surface area contributed by atoms with E-state index in [0.29, 0.717) is 19.1 Å². The smallest absolute Gasteiger partial charge is 0.193 e. The highest BCUT2D eigenvalue weighted by Gasteiger charge is 2.02. The average Bonchev–Trinajstić information content (AvgIpc) is 2.62. The molecule has 0 aliphatic rings. The number of hydrogen-bond acceptors (Lipinski definition) is 4. The zero-order valence-corrected chi connectivity index (χ0v) is 14.0. The monoisotopic (exact) mass is 329 g/mol. The maximum Gasteiger partial charge on any atom is 0.193 e. The zero-order valence-electron chi connectivity index (χ0n) is 14.0. The second kappa shape index (κ2) is 9.29. The van der Waals surface area contributed by atoms with Crippen molar-refractivity contribution in [3.05, 3.63) is 48.5 Å². The van der Waals surface area contributed by atoms with Gasteiger partial charge in [-0.05, 0) is 36.4 Å². The van der Waals surface area contributed by atoms with Gasteiger partial charge in [-0.15, -0.1) is 0 Å². The van der Waals surface area contributed by atoms with E-state index in [4.69, 9.17) is 19.9 Å². The van der Waals surface area contributed by atoms with Crippen molar-refractivity contribution in [1.82, 2.24) is 0 Å². The number of nitrogens with one attached hydrogen (secondary N) is 1. The number of benzene rings is 2. The molecule has 0 fully saturated rings. The van der Waals surface area contributed by atoms with E-state index in [1.165, 1.54) is 0 Å². The van der Waals surface area contributed by atoms with Crippen LogP contribution in [0.2, 0.25) is 0 Å². The minimum absolute atomic E-state index is 0.351. The summed E-state index contributed by atoms with van der Waals surface area (Å²) >= 11 is 0. The molecule has 0 saturated carbocycles. The molecule has 0 unspecified atom stereocenters. The van der Waals surface area contributed by atoms with Crippen LogP contribution in [-0.4, -0.2) is 33.3 Å². The van der Waals surface area contributed by atoms with Crippen molar-refractivity contribution in [2.45, 2.75) is 6.42 Å². The largest absolute Gasteiger partial charge is 0.497 e. The number of aliphatic imine (C=N–C) groups is 1. The lowest BCUT2D eigenvalue weighted by Crippen LogP contribution is -2.23. The Labute approximate surface area is 142 Å². The van der Waals surface area contributed by atoms with Crippen molar-refractivity contribution in [2.75, 3.05) is 32.7 Å². The van der Waals surface area contributed by atoms with Gasteiger partial charge in [0.25, 0.3) is 0 Å². The molecule has 2 rings (SSSR count). The van der Waals surface area contributed by atoms with Crippen LogP contribution in [0, 0.1) is 0 Å². The second-order valence-electron chi connectivity index (χ2n) is 4.97. The van der Waals surface area contributed by atoms with Gasteiger partial charge in [-0.3, -0.25) is 4.99 Å². The second-order valence-corrected chi connectivity index (χ2v) is 4.97. The molecule has 2 aromatic carbocycles. The van der Waals surface area contributed by atoms with Crippen molar-refractivity contribution >= 4 is 11.6 Å². The summed E-state index contributed by atoms with van der Waals surface area (Å²) in [5.41, 5.74) is 6.67. The maximum atomic E-state index is 5.88. The lowest BCUT2D eigenvalue weighted by molar-refractivity contribution is 0.313. The van der Waals surface area contributed by atoms with Gasteiger partial charge < -0.3 is 25.3 Å². The number of guanidine groups is 1. The quantitative estimate of drug-likeness (QED) is 0.442. The number of methoxy groups -OCH3 is 2.